The number of aryl methyl sites for hydroxylation is 1. The number of nitrogens with one attached hydrogen (secondary N) is 1. The minimum absolute atomic E-state index is 0.206. The average molecular weight is 308 g/mol. The Morgan fingerprint density at radius 1 is 1.26 bits per heavy atom. The van der Waals surface area contributed by atoms with Gasteiger partial charge in [0, 0.05) is 17.7 Å². The summed E-state index contributed by atoms with van der Waals surface area (Å²) in [4.78, 5) is 12.7. The number of benzene rings is 2. The Balaban J connectivity index is 1.63. The fraction of sp³-hybridized carbons (Fsp3) is 0.222. The highest BCUT2D eigenvalue weighted by molar-refractivity contribution is 6.15. The number of hydrogen-bond acceptors (Lipinski definition) is 4. The van der Waals surface area contributed by atoms with Crippen molar-refractivity contribution in [1.29, 1.82) is 0 Å². The fourth-order valence-electron chi connectivity index (χ4n) is 3.12. The van der Waals surface area contributed by atoms with E-state index in [0.29, 0.717) is 17.9 Å². The normalized spacial score (nSPS) is 26.0. The number of carbonyl (C=O) groups is 1. The molecule has 23 heavy (non-hydrogen) atoms. The Bertz CT molecular complexity index is 813. The summed E-state index contributed by atoms with van der Waals surface area (Å²) >= 11 is 0. The quantitative estimate of drug-likeness (QED) is 0.662. The first-order valence-corrected chi connectivity index (χ1v) is 7.52. The Hall–Kier alpha value is -2.82. The second-order valence-corrected chi connectivity index (χ2v) is 6.05. The Morgan fingerprint density at radius 2 is 2.00 bits per heavy atom. The Morgan fingerprint density at radius 3 is 2.74 bits per heavy atom. The van der Waals surface area contributed by atoms with Crippen LogP contribution in [0.4, 0.5) is 5.69 Å². The van der Waals surface area contributed by atoms with Crippen LogP contribution in [0, 0.1) is 12.8 Å². The van der Waals surface area contributed by atoms with Crippen molar-refractivity contribution >= 4 is 17.3 Å². The van der Waals surface area contributed by atoms with Crippen LogP contribution in [0.15, 0.2) is 53.7 Å². The lowest BCUT2D eigenvalue weighted by Gasteiger charge is -2.25. The molecule has 0 bridgehead atoms. The molecule has 1 amide bonds. The van der Waals surface area contributed by atoms with Gasteiger partial charge < -0.3 is 15.3 Å². The van der Waals surface area contributed by atoms with Gasteiger partial charge in [-0.1, -0.05) is 35.0 Å². The van der Waals surface area contributed by atoms with Gasteiger partial charge in [0.1, 0.15) is 5.75 Å². The minimum atomic E-state index is -0.971. The lowest BCUT2D eigenvalue weighted by molar-refractivity contribution is -0.125. The van der Waals surface area contributed by atoms with Gasteiger partial charge in [0.2, 0.25) is 0 Å². The fourth-order valence-corrected chi connectivity index (χ4v) is 3.12. The van der Waals surface area contributed by atoms with Gasteiger partial charge in [-0.15, -0.1) is 0 Å². The first-order chi connectivity index (χ1) is 11.1. The number of amides is 1. The van der Waals surface area contributed by atoms with E-state index in [1.807, 2.05) is 49.4 Å². The predicted octanol–water partition coefficient (Wildman–Crippen LogP) is 2.96. The zero-order valence-corrected chi connectivity index (χ0v) is 12.6. The second-order valence-electron chi connectivity index (χ2n) is 6.05. The van der Waals surface area contributed by atoms with Crippen LogP contribution in [0.3, 0.4) is 0 Å². The molecule has 0 aromatic heterocycles. The average Bonchev–Trinajstić information content (AvgIpc) is 3.30. The topological polar surface area (TPSA) is 70.9 Å². The number of rotatable bonds is 2. The third kappa shape index (κ3) is 2.08. The maximum Gasteiger partial charge on any atom is 0.269 e. The number of hydrogen-bond donors (Lipinski definition) is 2. The second kappa shape index (κ2) is 4.84. The summed E-state index contributed by atoms with van der Waals surface area (Å²) in [7, 11) is 0. The van der Waals surface area contributed by atoms with Crippen LogP contribution in [-0.2, 0) is 4.79 Å². The first-order valence-electron chi connectivity index (χ1n) is 7.52. The highest BCUT2D eigenvalue weighted by atomic mass is 16.5. The van der Waals surface area contributed by atoms with E-state index in [-0.39, 0.29) is 11.8 Å². The van der Waals surface area contributed by atoms with Crippen LogP contribution >= 0.6 is 0 Å². The van der Waals surface area contributed by atoms with Gasteiger partial charge >= 0.3 is 0 Å². The third-order valence-electron chi connectivity index (χ3n) is 4.50. The molecule has 2 unspecified atom stereocenters. The summed E-state index contributed by atoms with van der Waals surface area (Å²) in [5.41, 5.74) is 2.15. The van der Waals surface area contributed by atoms with Crippen molar-refractivity contribution < 1.29 is 14.7 Å². The number of nitrogens with zero attached hydrogens (tertiary/aromatic N) is 1. The van der Waals surface area contributed by atoms with E-state index >= 15 is 0 Å². The summed E-state index contributed by atoms with van der Waals surface area (Å²) in [6.45, 7) is 1.99. The van der Waals surface area contributed by atoms with Crippen LogP contribution in [0.2, 0.25) is 0 Å². The van der Waals surface area contributed by atoms with Gasteiger partial charge in [0.25, 0.3) is 5.91 Å². The molecule has 116 valence electrons. The van der Waals surface area contributed by atoms with Gasteiger partial charge in [-0.05, 0) is 31.2 Å². The molecule has 5 heteroatoms. The van der Waals surface area contributed by atoms with Crippen molar-refractivity contribution in [1.82, 2.24) is 0 Å². The van der Waals surface area contributed by atoms with Crippen LogP contribution in [0.5, 0.6) is 5.75 Å². The number of fused-ring (bicyclic) bond motifs is 2. The van der Waals surface area contributed by atoms with Gasteiger partial charge in [-0.2, -0.15) is 0 Å². The smallest absolute Gasteiger partial charge is 0.269 e. The van der Waals surface area contributed by atoms with Crippen LogP contribution < -0.4 is 10.1 Å². The van der Waals surface area contributed by atoms with Crippen LogP contribution in [0.1, 0.15) is 17.5 Å². The predicted molar refractivity (Wildman–Crippen MR) is 86.0 cm³/mol. The number of oxime groups is 1. The van der Waals surface area contributed by atoms with E-state index in [2.05, 4.69) is 10.5 Å². The lowest BCUT2D eigenvalue weighted by atomic mass is 9.99. The van der Waals surface area contributed by atoms with Crippen molar-refractivity contribution in [3.8, 4) is 5.75 Å². The number of ether oxygens (including phenoxy) is 1. The molecule has 4 rings (SSSR count). The minimum Gasteiger partial charge on any atom is -0.476 e. The molecule has 1 aliphatic carbocycles. The SMILES string of the molecule is Cc1ccc(NC(=O)C23CC2/C(=N/O)c2ccccc2O3)cc1. The van der Waals surface area contributed by atoms with Crippen molar-refractivity contribution in [3.05, 3.63) is 59.7 Å². The molecule has 1 heterocycles. The molecule has 0 radical (unpaired) electrons. The molecule has 2 N–H and O–H groups in total. The molecule has 1 saturated carbocycles. The van der Waals surface area contributed by atoms with E-state index < -0.39 is 5.60 Å². The van der Waals surface area contributed by atoms with Crippen molar-refractivity contribution in [2.24, 2.45) is 11.1 Å². The zero-order valence-electron chi connectivity index (χ0n) is 12.6. The van der Waals surface area contributed by atoms with Crippen molar-refractivity contribution in [3.63, 3.8) is 0 Å². The molecule has 1 aliphatic heterocycles. The Labute approximate surface area is 133 Å². The maximum absolute atomic E-state index is 12.7. The molecular formula is C18H16N2O3. The third-order valence-corrected chi connectivity index (χ3v) is 4.50. The maximum atomic E-state index is 12.7. The molecule has 2 atom stereocenters. The van der Waals surface area contributed by atoms with E-state index in [0.717, 1.165) is 16.8 Å². The standard InChI is InChI=1S/C18H16N2O3/c1-11-6-8-12(9-7-11)19-17(21)18-10-14(18)16(20-22)13-4-2-3-5-15(13)23-18/h2-9,14,22H,10H2,1H3,(H,19,21)/b20-16+. The molecule has 0 spiro atoms. The van der Waals surface area contributed by atoms with Gasteiger partial charge in [0.15, 0.2) is 5.60 Å². The molecule has 2 aliphatic rings. The van der Waals surface area contributed by atoms with E-state index in [1.165, 1.54) is 0 Å². The number of carbonyl (C=O) groups excluding carboxylic acids is 1. The zero-order chi connectivity index (χ0) is 16.0. The number of anilines is 1. The first kappa shape index (κ1) is 13.8. The summed E-state index contributed by atoms with van der Waals surface area (Å²) in [5.74, 6) is 0.156. The largest absolute Gasteiger partial charge is 0.476 e. The van der Waals surface area contributed by atoms with E-state index in [1.54, 1.807) is 6.07 Å². The Kier molecular flexibility index (Phi) is 2.91. The highest BCUT2D eigenvalue weighted by Crippen LogP contribution is 2.54. The molecule has 0 saturated heterocycles. The number of para-hydroxylation sites is 1. The van der Waals surface area contributed by atoms with Crippen molar-refractivity contribution in [2.45, 2.75) is 18.9 Å². The van der Waals surface area contributed by atoms with E-state index in [9.17, 15) is 10.0 Å². The van der Waals surface area contributed by atoms with Crippen LogP contribution in [0.25, 0.3) is 0 Å². The lowest BCUT2D eigenvalue weighted by Crippen LogP contribution is -2.41. The summed E-state index contributed by atoms with van der Waals surface area (Å²) in [6.07, 6.45) is 0.513. The van der Waals surface area contributed by atoms with E-state index in [4.69, 9.17) is 4.74 Å². The molecule has 2 aromatic rings. The molecule has 5 nitrogen and oxygen atoms in total. The summed E-state index contributed by atoms with van der Waals surface area (Å²) in [5, 5.41) is 15.7. The van der Waals surface area contributed by atoms with Crippen LogP contribution in [-0.4, -0.2) is 22.4 Å². The summed E-state index contributed by atoms with van der Waals surface area (Å²) < 4.78 is 5.98. The molecular weight excluding hydrogens is 292 g/mol. The molecule has 2 aromatic carbocycles. The van der Waals surface area contributed by atoms with Gasteiger partial charge in [-0.3, -0.25) is 4.79 Å². The monoisotopic (exact) mass is 308 g/mol. The van der Waals surface area contributed by atoms with Gasteiger partial charge in [-0.25, -0.2) is 0 Å². The van der Waals surface area contributed by atoms with Gasteiger partial charge in [0.05, 0.1) is 11.6 Å². The molecule has 1 fully saturated rings. The summed E-state index contributed by atoms with van der Waals surface area (Å²) in [6, 6.07) is 14.9. The van der Waals surface area contributed by atoms with Crippen molar-refractivity contribution in [2.75, 3.05) is 5.32 Å². The highest BCUT2D eigenvalue weighted by Gasteiger charge is 2.68.